The maximum atomic E-state index is 11.1. The summed E-state index contributed by atoms with van der Waals surface area (Å²) in [6, 6.07) is 6.74. The van der Waals surface area contributed by atoms with Gasteiger partial charge in [-0.2, -0.15) is 0 Å². The highest BCUT2D eigenvalue weighted by atomic mass is 16.5. The number of hydrogen-bond donors (Lipinski definition) is 1. The normalized spacial score (nSPS) is 10.1. The molecule has 4 heteroatoms. The molecule has 1 N–H and O–H groups in total. The van der Waals surface area contributed by atoms with Gasteiger partial charge >= 0.3 is 5.97 Å². The topological polar surface area (TPSA) is 55.8 Å². The fourth-order valence-electron chi connectivity index (χ4n) is 1.75. The molecule has 0 aliphatic carbocycles. The monoisotopic (exact) mass is 292 g/mol. The predicted octanol–water partition coefficient (Wildman–Crippen LogP) is 3.84. The van der Waals surface area contributed by atoms with E-state index in [9.17, 15) is 4.79 Å². The molecule has 0 aliphatic rings. The number of phenolic OH excluding ortho intramolecular Hbond substituents is 1. The van der Waals surface area contributed by atoms with Crippen LogP contribution in [0.15, 0.2) is 36.4 Å². The van der Waals surface area contributed by atoms with E-state index < -0.39 is 0 Å². The van der Waals surface area contributed by atoms with Crippen molar-refractivity contribution in [1.82, 2.24) is 0 Å². The molecule has 1 aromatic rings. The lowest BCUT2D eigenvalue weighted by molar-refractivity contribution is -0.139. The Balaban J connectivity index is 1.92. The first-order chi connectivity index (χ1) is 10.1. The van der Waals surface area contributed by atoms with E-state index in [-0.39, 0.29) is 11.7 Å². The fraction of sp³-hybridized carbons (Fsp3) is 0.471. The number of unbranched alkanes of at least 4 members (excludes halogenated alkanes) is 4. The SMILES string of the molecule is C=C(C)C(=O)OCCCCCCCOc1ccc(O)cc1. The minimum atomic E-state index is -0.308. The molecule has 0 spiro atoms. The first-order valence-electron chi connectivity index (χ1n) is 7.34. The van der Waals surface area contributed by atoms with Crippen molar-refractivity contribution in [2.24, 2.45) is 0 Å². The van der Waals surface area contributed by atoms with Crippen molar-refractivity contribution in [3.8, 4) is 11.5 Å². The number of benzene rings is 1. The van der Waals surface area contributed by atoms with Crippen molar-refractivity contribution in [1.29, 1.82) is 0 Å². The van der Waals surface area contributed by atoms with E-state index in [1.54, 1.807) is 31.2 Å². The van der Waals surface area contributed by atoms with Gasteiger partial charge in [-0.25, -0.2) is 4.79 Å². The van der Waals surface area contributed by atoms with Crippen molar-refractivity contribution in [3.05, 3.63) is 36.4 Å². The van der Waals surface area contributed by atoms with Crippen LogP contribution in [0.5, 0.6) is 11.5 Å². The van der Waals surface area contributed by atoms with E-state index in [4.69, 9.17) is 14.6 Å². The van der Waals surface area contributed by atoms with Gasteiger partial charge in [0, 0.05) is 5.57 Å². The van der Waals surface area contributed by atoms with Crippen LogP contribution in [0.1, 0.15) is 39.0 Å². The predicted molar refractivity (Wildman–Crippen MR) is 82.5 cm³/mol. The summed E-state index contributed by atoms with van der Waals surface area (Å²) in [6.07, 6.45) is 5.11. The Bertz CT molecular complexity index is 437. The van der Waals surface area contributed by atoms with E-state index in [1.165, 1.54) is 0 Å². The summed E-state index contributed by atoms with van der Waals surface area (Å²) in [5.74, 6) is 0.714. The third-order valence-electron chi connectivity index (χ3n) is 2.98. The zero-order valence-electron chi connectivity index (χ0n) is 12.6. The second-order valence-electron chi connectivity index (χ2n) is 5.03. The van der Waals surface area contributed by atoms with Crippen LogP contribution in [0.2, 0.25) is 0 Å². The van der Waals surface area contributed by atoms with Gasteiger partial charge in [-0.15, -0.1) is 0 Å². The molecule has 0 heterocycles. The average molecular weight is 292 g/mol. The molecule has 4 nitrogen and oxygen atoms in total. The van der Waals surface area contributed by atoms with Crippen LogP contribution < -0.4 is 4.74 Å². The van der Waals surface area contributed by atoms with Crippen molar-refractivity contribution in [3.63, 3.8) is 0 Å². The Labute approximate surface area is 126 Å². The van der Waals surface area contributed by atoms with Gasteiger partial charge < -0.3 is 14.6 Å². The third-order valence-corrected chi connectivity index (χ3v) is 2.98. The van der Waals surface area contributed by atoms with Gasteiger partial charge in [0.1, 0.15) is 11.5 Å². The summed E-state index contributed by atoms with van der Waals surface area (Å²) < 4.78 is 10.6. The van der Waals surface area contributed by atoms with Gasteiger partial charge in [-0.05, 0) is 44.0 Å². The molecule has 0 unspecified atom stereocenters. The second kappa shape index (κ2) is 9.86. The zero-order valence-corrected chi connectivity index (χ0v) is 12.6. The maximum absolute atomic E-state index is 11.1. The lowest BCUT2D eigenvalue weighted by Gasteiger charge is -2.06. The first-order valence-corrected chi connectivity index (χ1v) is 7.34. The molecule has 0 saturated carbocycles. The molecule has 0 amide bonds. The van der Waals surface area contributed by atoms with Gasteiger partial charge in [-0.1, -0.05) is 25.8 Å². The standard InChI is InChI=1S/C17H24O4/c1-14(2)17(19)21-13-7-5-3-4-6-12-20-16-10-8-15(18)9-11-16/h8-11,18H,1,3-7,12-13H2,2H3. The third kappa shape index (κ3) is 8.02. The molecule has 0 fully saturated rings. The van der Waals surface area contributed by atoms with Gasteiger partial charge in [0.05, 0.1) is 13.2 Å². The van der Waals surface area contributed by atoms with E-state index in [0.717, 1.165) is 37.9 Å². The van der Waals surface area contributed by atoms with Crippen LogP contribution in [0.3, 0.4) is 0 Å². The molecule has 0 aromatic heterocycles. The fourth-order valence-corrected chi connectivity index (χ4v) is 1.75. The Morgan fingerprint density at radius 2 is 1.62 bits per heavy atom. The molecule has 116 valence electrons. The van der Waals surface area contributed by atoms with Gasteiger partial charge in [-0.3, -0.25) is 0 Å². The Morgan fingerprint density at radius 3 is 2.24 bits per heavy atom. The molecule has 1 rings (SSSR count). The molecule has 0 radical (unpaired) electrons. The van der Waals surface area contributed by atoms with E-state index in [0.29, 0.717) is 18.8 Å². The highest BCUT2D eigenvalue weighted by molar-refractivity contribution is 5.86. The number of carbonyl (C=O) groups is 1. The largest absolute Gasteiger partial charge is 0.508 e. The molecule has 0 atom stereocenters. The number of esters is 1. The number of hydrogen-bond acceptors (Lipinski definition) is 4. The van der Waals surface area contributed by atoms with Crippen molar-refractivity contribution in [2.45, 2.75) is 39.0 Å². The zero-order chi connectivity index (χ0) is 15.5. The first kappa shape index (κ1) is 17.1. The summed E-state index contributed by atoms with van der Waals surface area (Å²) in [5.41, 5.74) is 0.446. The average Bonchev–Trinajstić information content (AvgIpc) is 2.47. The number of phenols is 1. The number of ether oxygens (including phenoxy) is 2. The van der Waals surface area contributed by atoms with Crippen molar-refractivity contribution < 1.29 is 19.4 Å². The van der Waals surface area contributed by atoms with Crippen LogP contribution in [-0.2, 0) is 9.53 Å². The summed E-state index contributed by atoms with van der Waals surface area (Å²) in [4.78, 5) is 11.1. The van der Waals surface area contributed by atoms with Gasteiger partial charge in [0.15, 0.2) is 0 Å². The summed E-state index contributed by atoms with van der Waals surface area (Å²) in [7, 11) is 0. The lowest BCUT2D eigenvalue weighted by atomic mass is 10.1. The van der Waals surface area contributed by atoms with Gasteiger partial charge in [0.25, 0.3) is 0 Å². The number of rotatable bonds is 10. The molecule has 21 heavy (non-hydrogen) atoms. The smallest absolute Gasteiger partial charge is 0.333 e. The van der Waals surface area contributed by atoms with Crippen LogP contribution in [0, 0.1) is 0 Å². The second-order valence-corrected chi connectivity index (χ2v) is 5.03. The Hall–Kier alpha value is -1.97. The van der Waals surface area contributed by atoms with Crippen LogP contribution >= 0.6 is 0 Å². The van der Waals surface area contributed by atoms with Crippen LogP contribution in [-0.4, -0.2) is 24.3 Å². The molecular weight excluding hydrogens is 268 g/mol. The minimum Gasteiger partial charge on any atom is -0.508 e. The molecule has 0 bridgehead atoms. The summed E-state index contributed by atoms with van der Waals surface area (Å²) >= 11 is 0. The molecular formula is C17H24O4. The molecule has 0 saturated heterocycles. The Morgan fingerprint density at radius 1 is 1.05 bits per heavy atom. The molecule has 1 aromatic carbocycles. The highest BCUT2D eigenvalue weighted by Crippen LogP contribution is 2.16. The number of carbonyl (C=O) groups excluding carboxylic acids is 1. The minimum absolute atomic E-state index is 0.245. The molecule has 0 aliphatic heterocycles. The highest BCUT2D eigenvalue weighted by Gasteiger charge is 2.01. The van der Waals surface area contributed by atoms with E-state index >= 15 is 0 Å². The summed E-state index contributed by atoms with van der Waals surface area (Å²) in [5, 5.41) is 9.14. The Kier molecular flexibility index (Phi) is 8.02. The lowest BCUT2D eigenvalue weighted by Crippen LogP contribution is -2.06. The van der Waals surface area contributed by atoms with E-state index in [1.807, 2.05) is 0 Å². The van der Waals surface area contributed by atoms with Crippen molar-refractivity contribution >= 4 is 5.97 Å². The quantitative estimate of drug-likeness (QED) is 0.404. The van der Waals surface area contributed by atoms with E-state index in [2.05, 4.69) is 6.58 Å². The number of aromatic hydroxyl groups is 1. The van der Waals surface area contributed by atoms with Crippen LogP contribution in [0.4, 0.5) is 0 Å². The van der Waals surface area contributed by atoms with Crippen molar-refractivity contribution in [2.75, 3.05) is 13.2 Å². The summed E-state index contributed by atoms with van der Waals surface area (Å²) in [6.45, 7) is 6.32. The maximum Gasteiger partial charge on any atom is 0.333 e. The van der Waals surface area contributed by atoms with Crippen LogP contribution in [0.25, 0.3) is 0 Å². The van der Waals surface area contributed by atoms with Gasteiger partial charge in [0.2, 0.25) is 0 Å².